The topological polar surface area (TPSA) is 47.6 Å². The Morgan fingerprint density at radius 2 is 2.09 bits per heavy atom. The number of hydrogen-bond acceptors (Lipinski definition) is 4. The van der Waals surface area contributed by atoms with E-state index in [0.717, 1.165) is 25.1 Å². The third-order valence-electron chi connectivity index (χ3n) is 6.01. The van der Waals surface area contributed by atoms with E-state index in [1.54, 1.807) is 14.2 Å². The molecule has 1 aliphatic heterocycles. The Kier molecular flexibility index (Phi) is 3.27. The van der Waals surface area contributed by atoms with Crippen LogP contribution in [-0.4, -0.2) is 32.6 Å². The Balaban J connectivity index is 1.96. The summed E-state index contributed by atoms with van der Waals surface area (Å²) >= 11 is 0. The summed E-state index contributed by atoms with van der Waals surface area (Å²) in [7, 11) is 3.31. The zero-order valence-corrected chi connectivity index (χ0v) is 13.9. The van der Waals surface area contributed by atoms with E-state index in [4.69, 9.17) is 9.47 Å². The van der Waals surface area contributed by atoms with Crippen LogP contribution in [0.5, 0.6) is 5.75 Å². The normalized spacial score (nSPS) is 31.8. The average molecular weight is 313 g/mol. The fourth-order valence-electron chi connectivity index (χ4n) is 5.10. The Morgan fingerprint density at radius 3 is 2.83 bits per heavy atom. The van der Waals surface area contributed by atoms with Crippen LogP contribution in [0, 0.1) is 12.8 Å². The van der Waals surface area contributed by atoms with Crippen LogP contribution in [0.25, 0.3) is 0 Å². The molecule has 3 aliphatic rings. The van der Waals surface area contributed by atoms with Gasteiger partial charge in [0.15, 0.2) is 11.5 Å². The quantitative estimate of drug-likeness (QED) is 0.910. The second-order valence-electron chi connectivity index (χ2n) is 6.96. The van der Waals surface area contributed by atoms with Gasteiger partial charge in [0.1, 0.15) is 5.75 Å². The third kappa shape index (κ3) is 1.91. The molecule has 4 rings (SSSR count). The SMILES string of the molecule is COC1=CC2[C@@H]3Cc4ccc(OC)c(C)c4[C@]2(CCN3)CC1=O. The number of nitrogens with one attached hydrogen (secondary N) is 1. The van der Waals surface area contributed by atoms with Gasteiger partial charge in [0.2, 0.25) is 0 Å². The second kappa shape index (κ2) is 5.10. The van der Waals surface area contributed by atoms with E-state index < -0.39 is 0 Å². The summed E-state index contributed by atoms with van der Waals surface area (Å²) in [5.74, 6) is 1.88. The predicted octanol–water partition coefficient (Wildman–Crippen LogP) is 2.28. The van der Waals surface area contributed by atoms with Crippen molar-refractivity contribution in [3.05, 3.63) is 40.7 Å². The average Bonchev–Trinajstić information content (AvgIpc) is 2.53. The number of ether oxygens (including phenoxy) is 2. The number of Topliss-reactive ketones (excluding diaryl/α,β-unsaturated/α-hetero) is 1. The minimum absolute atomic E-state index is 0.110. The van der Waals surface area contributed by atoms with E-state index in [2.05, 4.69) is 30.4 Å². The molecule has 23 heavy (non-hydrogen) atoms. The molecule has 1 unspecified atom stereocenters. The fourth-order valence-corrected chi connectivity index (χ4v) is 5.10. The molecule has 0 radical (unpaired) electrons. The summed E-state index contributed by atoms with van der Waals surface area (Å²) in [6, 6.07) is 4.61. The van der Waals surface area contributed by atoms with E-state index in [-0.39, 0.29) is 11.2 Å². The predicted molar refractivity (Wildman–Crippen MR) is 87.7 cm³/mol. The van der Waals surface area contributed by atoms with E-state index >= 15 is 0 Å². The van der Waals surface area contributed by atoms with E-state index in [9.17, 15) is 4.79 Å². The van der Waals surface area contributed by atoms with E-state index in [1.165, 1.54) is 16.7 Å². The van der Waals surface area contributed by atoms with Crippen LogP contribution in [0.4, 0.5) is 0 Å². The van der Waals surface area contributed by atoms with Crippen molar-refractivity contribution < 1.29 is 14.3 Å². The highest BCUT2D eigenvalue weighted by molar-refractivity contribution is 5.96. The Hall–Kier alpha value is -1.81. The number of carbonyl (C=O) groups excluding carboxylic acids is 1. The van der Waals surface area contributed by atoms with E-state index in [1.807, 2.05) is 0 Å². The number of hydrogen-bond donors (Lipinski definition) is 1. The van der Waals surface area contributed by atoms with Gasteiger partial charge in [-0.2, -0.15) is 0 Å². The largest absolute Gasteiger partial charge is 0.496 e. The lowest BCUT2D eigenvalue weighted by atomic mass is 9.53. The Labute approximate surface area is 136 Å². The zero-order valence-electron chi connectivity index (χ0n) is 13.9. The van der Waals surface area contributed by atoms with Crippen molar-refractivity contribution in [1.29, 1.82) is 0 Å². The van der Waals surface area contributed by atoms with Crippen molar-refractivity contribution in [3.63, 3.8) is 0 Å². The van der Waals surface area contributed by atoms with Crippen molar-refractivity contribution in [2.24, 2.45) is 5.92 Å². The molecule has 1 saturated heterocycles. The minimum atomic E-state index is -0.110. The molecule has 3 atom stereocenters. The van der Waals surface area contributed by atoms with Gasteiger partial charge in [-0.15, -0.1) is 0 Å². The molecule has 2 aliphatic carbocycles. The van der Waals surface area contributed by atoms with Crippen LogP contribution in [0.1, 0.15) is 29.5 Å². The summed E-state index contributed by atoms with van der Waals surface area (Å²) < 4.78 is 10.9. The highest BCUT2D eigenvalue weighted by Crippen LogP contribution is 2.54. The van der Waals surface area contributed by atoms with Crippen molar-refractivity contribution in [2.45, 2.75) is 37.6 Å². The van der Waals surface area contributed by atoms with Crippen LogP contribution < -0.4 is 10.1 Å². The first-order valence-electron chi connectivity index (χ1n) is 8.30. The first-order chi connectivity index (χ1) is 11.1. The van der Waals surface area contributed by atoms with Crippen LogP contribution in [0.2, 0.25) is 0 Å². The molecule has 1 fully saturated rings. The number of benzene rings is 1. The second-order valence-corrected chi connectivity index (χ2v) is 6.96. The first kappa shape index (κ1) is 14.8. The van der Waals surface area contributed by atoms with Crippen LogP contribution in [0.3, 0.4) is 0 Å². The molecule has 1 N–H and O–H groups in total. The summed E-state index contributed by atoms with van der Waals surface area (Å²) in [5.41, 5.74) is 3.79. The number of allylic oxidation sites excluding steroid dienone is 1. The smallest absolute Gasteiger partial charge is 0.197 e. The summed E-state index contributed by atoms with van der Waals surface area (Å²) in [5, 5.41) is 3.65. The number of methoxy groups -OCH3 is 2. The van der Waals surface area contributed by atoms with Gasteiger partial charge >= 0.3 is 0 Å². The van der Waals surface area contributed by atoms with Crippen molar-refractivity contribution >= 4 is 5.78 Å². The van der Waals surface area contributed by atoms with Gasteiger partial charge in [-0.3, -0.25) is 4.79 Å². The maximum atomic E-state index is 12.6. The molecular formula is C19H23NO3. The molecule has 1 heterocycles. The Bertz CT molecular complexity index is 709. The lowest BCUT2D eigenvalue weighted by Gasteiger charge is -2.54. The lowest BCUT2D eigenvalue weighted by Crippen LogP contribution is -2.60. The van der Waals surface area contributed by atoms with Gasteiger partial charge in [-0.25, -0.2) is 0 Å². The van der Waals surface area contributed by atoms with Crippen molar-refractivity contribution in [1.82, 2.24) is 5.32 Å². The Morgan fingerprint density at radius 1 is 1.26 bits per heavy atom. The van der Waals surface area contributed by atoms with Crippen molar-refractivity contribution in [2.75, 3.05) is 20.8 Å². The molecule has 0 aromatic heterocycles. The van der Waals surface area contributed by atoms with E-state index in [0.29, 0.717) is 24.1 Å². The molecule has 4 nitrogen and oxygen atoms in total. The summed E-state index contributed by atoms with van der Waals surface area (Å²) in [6.07, 6.45) is 4.59. The molecule has 4 heteroatoms. The monoisotopic (exact) mass is 313 g/mol. The molecule has 0 spiro atoms. The number of fused-ring (bicyclic) bond motifs is 1. The minimum Gasteiger partial charge on any atom is -0.496 e. The van der Waals surface area contributed by atoms with Gasteiger partial charge in [0.25, 0.3) is 0 Å². The number of carbonyl (C=O) groups is 1. The van der Waals surface area contributed by atoms with Crippen LogP contribution >= 0.6 is 0 Å². The molecule has 0 saturated carbocycles. The van der Waals surface area contributed by atoms with Crippen molar-refractivity contribution in [3.8, 4) is 5.75 Å². The zero-order chi connectivity index (χ0) is 16.2. The lowest BCUT2D eigenvalue weighted by molar-refractivity contribution is -0.121. The van der Waals surface area contributed by atoms with Crippen LogP contribution in [-0.2, 0) is 21.4 Å². The van der Waals surface area contributed by atoms with Gasteiger partial charge in [-0.05, 0) is 55.1 Å². The molecule has 1 aromatic carbocycles. The fraction of sp³-hybridized carbons (Fsp3) is 0.526. The van der Waals surface area contributed by atoms with Gasteiger partial charge in [0.05, 0.1) is 14.2 Å². The third-order valence-corrected chi connectivity index (χ3v) is 6.01. The van der Waals surface area contributed by atoms with Gasteiger partial charge in [0, 0.05) is 23.8 Å². The maximum Gasteiger partial charge on any atom is 0.197 e. The highest BCUT2D eigenvalue weighted by Gasteiger charge is 2.54. The molecule has 1 aromatic rings. The number of rotatable bonds is 2. The molecular weight excluding hydrogens is 290 g/mol. The first-order valence-corrected chi connectivity index (χ1v) is 8.30. The molecule has 2 bridgehead atoms. The van der Waals surface area contributed by atoms with Gasteiger partial charge < -0.3 is 14.8 Å². The maximum absolute atomic E-state index is 12.6. The summed E-state index contributed by atoms with van der Waals surface area (Å²) in [4.78, 5) is 12.6. The molecule has 122 valence electrons. The number of ketones is 1. The highest BCUT2D eigenvalue weighted by atomic mass is 16.5. The van der Waals surface area contributed by atoms with Gasteiger partial charge in [-0.1, -0.05) is 6.07 Å². The molecule has 0 amide bonds. The standard InChI is InChI=1S/C19H23NO3/c1-11-16(22-2)5-4-12-8-14-13-9-17(23-3)15(21)10-19(13,18(11)12)6-7-20-14/h4-5,9,13-14,20H,6-8,10H2,1-3H3/t13?,14-,19+/m0/s1. The summed E-state index contributed by atoms with van der Waals surface area (Å²) in [6.45, 7) is 3.09. The number of piperidine rings is 1. The van der Waals surface area contributed by atoms with Crippen LogP contribution in [0.15, 0.2) is 24.0 Å².